The highest BCUT2D eigenvalue weighted by atomic mass is 35.5. The molecule has 140 valence electrons. The molecule has 0 aliphatic rings. The van der Waals surface area contributed by atoms with E-state index in [1.165, 1.54) is 19.5 Å². The maximum absolute atomic E-state index is 12.2. The molecule has 0 fully saturated rings. The Morgan fingerprint density at radius 1 is 1.31 bits per heavy atom. The summed E-state index contributed by atoms with van der Waals surface area (Å²) in [4.78, 5) is 22.5. The monoisotopic (exact) mass is 379 g/mol. The molecule has 0 radical (unpaired) electrons. The summed E-state index contributed by atoms with van der Waals surface area (Å²) < 4.78 is 10.9. The van der Waals surface area contributed by atoms with Crippen molar-refractivity contribution in [1.29, 1.82) is 0 Å². The van der Waals surface area contributed by atoms with Crippen molar-refractivity contribution < 1.29 is 14.3 Å². The number of carbonyl (C=O) groups is 1. The van der Waals surface area contributed by atoms with E-state index >= 15 is 0 Å². The average Bonchev–Trinajstić information content (AvgIpc) is 2.54. The minimum absolute atomic E-state index is 0.0703. The zero-order valence-corrected chi connectivity index (χ0v) is 15.9. The van der Waals surface area contributed by atoms with Crippen molar-refractivity contribution in [2.45, 2.75) is 13.0 Å². The van der Waals surface area contributed by atoms with E-state index in [-0.39, 0.29) is 11.9 Å². The SMILES string of the molecule is COc1ccc(Cl)cc1NC(=O)Nc1cncc(OC(C)CN(C)C)n1. The summed E-state index contributed by atoms with van der Waals surface area (Å²) in [6, 6.07) is 4.43. The van der Waals surface area contributed by atoms with Crippen molar-refractivity contribution in [1.82, 2.24) is 14.9 Å². The number of nitrogens with zero attached hydrogens (tertiary/aromatic N) is 3. The highest BCUT2D eigenvalue weighted by Crippen LogP contribution is 2.27. The molecule has 26 heavy (non-hydrogen) atoms. The Morgan fingerprint density at radius 2 is 2.08 bits per heavy atom. The van der Waals surface area contributed by atoms with E-state index in [9.17, 15) is 4.79 Å². The molecule has 0 saturated heterocycles. The number of hydrogen-bond acceptors (Lipinski definition) is 6. The first kappa shape index (κ1) is 19.7. The van der Waals surface area contributed by atoms with Crippen LogP contribution in [-0.4, -0.2) is 54.8 Å². The van der Waals surface area contributed by atoms with E-state index in [1.54, 1.807) is 18.2 Å². The van der Waals surface area contributed by atoms with Crippen LogP contribution in [0.3, 0.4) is 0 Å². The van der Waals surface area contributed by atoms with Crippen molar-refractivity contribution in [3.8, 4) is 11.6 Å². The van der Waals surface area contributed by atoms with Gasteiger partial charge in [0.1, 0.15) is 11.9 Å². The number of benzene rings is 1. The van der Waals surface area contributed by atoms with Crippen molar-refractivity contribution in [3.63, 3.8) is 0 Å². The van der Waals surface area contributed by atoms with Crippen LogP contribution in [0.15, 0.2) is 30.6 Å². The van der Waals surface area contributed by atoms with Gasteiger partial charge in [-0.1, -0.05) is 11.6 Å². The number of halogens is 1. The van der Waals surface area contributed by atoms with Gasteiger partial charge >= 0.3 is 6.03 Å². The second kappa shape index (κ2) is 9.21. The topological polar surface area (TPSA) is 88.6 Å². The standard InChI is InChI=1S/C17H22ClN5O3/c1-11(10-23(2)3)26-16-9-19-8-15(21-16)22-17(24)20-13-7-12(18)5-6-14(13)25-4/h5-9,11H,10H2,1-4H3,(H2,20,21,22,24). The fourth-order valence-electron chi connectivity index (χ4n) is 2.27. The Balaban J connectivity index is 2.01. The number of aromatic nitrogens is 2. The third-order valence-electron chi connectivity index (χ3n) is 3.21. The molecule has 2 N–H and O–H groups in total. The zero-order chi connectivity index (χ0) is 19.1. The Kier molecular flexibility index (Phi) is 6.99. The molecule has 1 unspecified atom stereocenters. The molecule has 0 aliphatic heterocycles. The first-order valence-electron chi connectivity index (χ1n) is 7.92. The normalized spacial score (nSPS) is 11.8. The van der Waals surface area contributed by atoms with Crippen LogP contribution in [0, 0.1) is 0 Å². The largest absolute Gasteiger partial charge is 0.495 e. The number of carbonyl (C=O) groups excluding carboxylic acids is 1. The zero-order valence-electron chi connectivity index (χ0n) is 15.1. The van der Waals surface area contributed by atoms with E-state index in [0.717, 1.165) is 6.54 Å². The lowest BCUT2D eigenvalue weighted by Crippen LogP contribution is -2.28. The fourth-order valence-corrected chi connectivity index (χ4v) is 2.44. The molecule has 0 bridgehead atoms. The van der Waals surface area contributed by atoms with Crippen LogP contribution in [0.5, 0.6) is 11.6 Å². The number of methoxy groups -OCH3 is 1. The highest BCUT2D eigenvalue weighted by molar-refractivity contribution is 6.31. The number of amides is 2. The second-order valence-corrected chi connectivity index (χ2v) is 6.29. The van der Waals surface area contributed by atoms with Crippen LogP contribution in [0.4, 0.5) is 16.3 Å². The fraction of sp³-hybridized carbons (Fsp3) is 0.353. The maximum Gasteiger partial charge on any atom is 0.325 e. The maximum atomic E-state index is 12.2. The minimum atomic E-state index is -0.502. The van der Waals surface area contributed by atoms with Gasteiger partial charge in [-0.3, -0.25) is 10.3 Å². The molecule has 0 saturated carbocycles. The predicted octanol–water partition coefficient (Wildman–Crippen LogP) is 3.11. The molecular formula is C17H22ClN5O3. The second-order valence-electron chi connectivity index (χ2n) is 5.86. The number of hydrogen-bond donors (Lipinski definition) is 2. The molecule has 1 heterocycles. The lowest BCUT2D eigenvalue weighted by molar-refractivity contribution is 0.170. The van der Waals surface area contributed by atoms with Crippen molar-refractivity contribution in [2.24, 2.45) is 0 Å². The summed E-state index contributed by atoms with van der Waals surface area (Å²) in [5, 5.41) is 5.74. The smallest absolute Gasteiger partial charge is 0.325 e. The van der Waals surface area contributed by atoms with Gasteiger partial charge in [-0.2, -0.15) is 4.98 Å². The summed E-state index contributed by atoms with van der Waals surface area (Å²) in [5.74, 6) is 1.08. The van der Waals surface area contributed by atoms with Crippen LogP contribution >= 0.6 is 11.6 Å². The summed E-state index contributed by atoms with van der Waals surface area (Å²) in [6.45, 7) is 2.66. The highest BCUT2D eigenvalue weighted by Gasteiger charge is 2.11. The van der Waals surface area contributed by atoms with Gasteiger partial charge in [0.05, 0.1) is 25.2 Å². The van der Waals surface area contributed by atoms with Gasteiger partial charge in [0, 0.05) is 11.6 Å². The van der Waals surface area contributed by atoms with Gasteiger partial charge in [-0.25, -0.2) is 4.79 Å². The average molecular weight is 380 g/mol. The van der Waals surface area contributed by atoms with Crippen molar-refractivity contribution >= 4 is 29.1 Å². The number of rotatable bonds is 7. The van der Waals surface area contributed by atoms with Gasteiger partial charge in [0.25, 0.3) is 0 Å². The van der Waals surface area contributed by atoms with Crippen LogP contribution in [0.25, 0.3) is 0 Å². The number of likely N-dealkylation sites (N-methyl/N-ethyl adjacent to an activating group) is 1. The van der Waals surface area contributed by atoms with Gasteiger partial charge in [-0.05, 0) is 39.2 Å². The molecule has 1 aromatic carbocycles. The Hall–Kier alpha value is -2.58. The van der Waals surface area contributed by atoms with Gasteiger partial charge in [-0.15, -0.1) is 0 Å². The molecule has 1 aromatic heterocycles. The van der Waals surface area contributed by atoms with E-state index in [2.05, 4.69) is 20.6 Å². The first-order chi connectivity index (χ1) is 12.4. The van der Waals surface area contributed by atoms with Gasteiger partial charge in [0.15, 0.2) is 5.82 Å². The Labute approximate surface area is 157 Å². The Bertz CT molecular complexity index is 757. The Morgan fingerprint density at radius 3 is 2.77 bits per heavy atom. The van der Waals surface area contributed by atoms with E-state index in [0.29, 0.717) is 22.3 Å². The predicted molar refractivity (Wildman–Crippen MR) is 101 cm³/mol. The molecule has 2 rings (SSSR count). The summed E-state index contributed by atoms with van der Waals surface area (Å²) in [6.07, 6.45) is 2.85. The summed E-state index contributed by atoms with van der Waals surface area (Å²) in [7, 11) is 5.42. The molecule has 2 aromatic rings. The van der Waals surface area contributed by atoms with E-state index < -0.39 is 6.03 Å². The van der Waals surface area contributed by atoms with Crippen molar-refractivity contribution in [3.05, 3.63) is 35.6 Å². The first-order valence-corrected chi connectivity index (χ1v) is 8.30. The number of ether oxygens (including phenoxy) is 2. The minimum Gasteiger partial charge on any atom is -0.495 e. The molecule has 9 heteroatoms. The molecule has 0 aliphatic carbocycles. The molecule has 0 spiro atoms. The third kappa shape index (κ3) is 6.05. The van der Waals surface area contributed by atoms with Crippen molar-refractivity contribution in [2.75, 3.05) is 38.4 Å². The third-order valence-corrected chi connectivity index (χ3v) is 3.44. The molecule has 8 nitrogen and oxygen atoms in total. The van der Waals surface area contributed by atoms with Crippen LogP contribution in [-0.2, 0) is 0 Å². The quantitative estimate of drug-likeness (QED) is 0.768. The lowest BCUT2D eigenvalue weighted by atomic mass is 10.3. The summed E-state index contributed by atoms with van der Waals surface area (Å²) in [5.41, 5.74) is 0.442. The van der Waals surface area contributed by atoms with Gasteiger partial charge in [0.2, 0.25) is 5.88 Å². The number of urea groups is 1. The van der Waals surface area contributed by atoms with E-state index in [1.807, 2.05) is 25.9 Å². The van der Waals surface area contributed by atoms with E-state index in [4.69, 9.17) is 21.1 Å². The summed E-state index contributed by atoms with van der Waals surface area (Å²) >= 11 is 5.95. The lowest BCUT2D eigenvalue weighted by Gasteiger charge is -2.18. The van der Waals surface area contributed by atoms with Crippen LogP contribution in [0.1, 0.15) is 6.92 Å². The molecular weight excluding hydrogens is 358 g/mol. The molecule has 1 atom stereocenters. The van der Waals surface area contributed by atoms with Crippen LogP contribution < -0.4 is 20.1 Å². The van der Waals surface area contributed by atoms with Gasteiger partial charge < -0.3 is 19.7 Å². The van der Waals surface area contributed by atoms with Crippen LogP contribution in [0.2, 0.25) is 5.02 Å². The number of anilines is 2. The number of nitrogens with one attached hydrogen (secondary N) is 2. The molecule has 2 amide bonds.